The first-order valence-corrected chi connectivity index (χ1v) is 15.0. The Kier molecular flexibility index (Phi) is 8.86. The van der Waals surface area contributed by atoms with Crippen molar-refractivity contribution in [3.63, 3.8) is 0 Å². The van der Waals surface area contributed by atoms with Gasteiger partial charge in [0.15, 0.2) is 9.84 Å². The highest BCUT2D eigenvalue weighted by Crippen LogP contribution is 2.36. The SMILES string of the molecule is CCC(=O)N1CCc2cc(Br)c(S(=O)(=O)CCC(=O)NCCN3CCN(c4ccccc4F)CC3)cc21. The summed E-state index contributed by atoms with van der Waals surface area (Å²) in [6.07, 6.45) is 0.879. The second-order valence-electron chi connectivity index (χ2n) is 9.26. The Morgan fingerprint density at radius 2 is 1.78 bits per heavy atom. The van der Waals surface area contributed by atoms with E-state index in [1.54, 1.807) is 36.1 Å². The number of nitrogens with zero attached hydrogens (tertiary/aromatic N) is 3. The maximum absolute atomic E-state index is 14.0. The summed E-state index contributed by atoms with van der Waals surface area (Å²) in [5.74, 6) is -0.915. The number of carbonyl (C=O) groups excluding carboxylic acids is 2. The fourth-order valence-electron chi connectivity index (χ4n) is 4.78. The topological polar surface area (TPSA) is 90.0 Å². The van der Waals surface area contributed by atoms with Gasteiger partial charge in [-0.15, -0.1) is 0 Å². The lowest BCUT2D eigenvalue weighted by atomic mass is 10.2. The van der Waals surface area contributed by atoms with Crippen molar-refractivity contribution in [2.24, 2.45) is 0 Å². The van der Waals surface area contributed by atoms with E-state index in [0.29, 0.717) is 61.4 Å². The molecule has 0 bridgehead atoms. The minimum absolute atomic E-state index is 0.0440. The number of piperazine rings is 1. The fraction of sp³-hybridized carbons (Fsp3) is 0.462. The van der Waals surface area contributed by atoms with E-state index >= 15 is 0 Å². The lowest BCUT2D eigenvalue weighted by Crippen LogP contribution is -2.48. The number of amides is 2. The molecule has 1 fully saturated rings. The summed E-state index contributed by atoms with van der Waals surface area (Å²) in [5.41, 5.74) is 2.17. The average molecular weight is 596 g/mol. The molecule has 1 saturated heterocycles. The third-order valence-corrected chi connectivity index (χ3v) is 9.55. The molecule has 200 valence electrons. The maximum Gasteiger partial charge on any atom is 0.226 e. The molecule has 2 amide bonds. The van der Waals surface area contributed by atoms with Gasteiger partial charge < -0.3 is 15.1 Å². The first-order valence-electron chi connectivity index (χ1n) is 12.5. The van der Waals surface area contributed by atoms with Gasteiger partial charge in [-0.2, -0.15) is 0 Å². The highest BCUT2D eigenvalue weighted by molar-refractivity contribution is 9.10. The van der Waals surface area contributed by atoms with Crippen molar-refractivity contribution in [1.82, 2.24) is 10.2 Å². The maximum atomic E-state index is 14.0. The molecule has 37 heavy (non-hydrogen) atoms. The Labute approximate surface area is 225 Å². The molecule has 2 aromatic carbocycles. The summed E-state index contributed by atoms with van der Waals surface area (Å²) in [6.45, 7) is 6.27. The molecule has 0 spiro atoms. The Morgan fingerprint density at radius 3 is 2.49 bits per heavy atom. The first-order chi connectivity index (χ1) is 17.7. The number of carbonyl (C=O) groups is 2. The molecular formula is C26H32BrFN4O4S. The van der Waals surface area contributed by atoms with Crippen LogP contribution < -0.4 is 15.1 Å². The van der Waals surface area contributed by atoms with E-state index in [2.05, 4.69) is 26.1 Å². The monoisotopic (exact) mass is 594 g/mol. The van der Waals surface area contributed by atoms with Crippen LogP contribution >= 0.6 is 15.9 Å². The van der Waals surface area contributed by atoms with E-state index in [1.807, 2.05) is 11.0 Å². The lowest BCUT2D eigenvalue weighted by molar-refractivity contribution is -0.121. The molecule has 8 nitrogen and oxygen atoms in total. The average Bonchev–Trinajstić information content (AvgIpc) is 3.30. The van der Waals surface area contributed by atoms with Crippen LogP contribution in [0.4, 0.5) is 15.8 Å². The number of rotatable bonds is 9. The van der Waals surface area contributed by atoms with E-state index < -0.39 is 9.84 Å². The first kappa shape index (κ1) is 27.5. The number of anilines is 2. The van der Waals surface area contributed by atoms with Crippen molar-refractivity contribution >= 4 is 49.0 Å². The van der Waals surface area contributed by atoms with Crippen LogP contribution in [0.2, 0.25) is 0 Å². The van der Waals surface area contributed by atoms with E-state index in [0.717, 1.165) is 18.7 Å². The molecule has 0 atom stereocenters. The van der Waals surface area contributed by atoms with Crippen molar-refractivity contribution in [2.45, 2.75) is 31.1 Å². The van der Waals surface area contributed by atoms with E-state index in [1.165, 1.54) is 6.07 Å². The van der Waals surface area contributed by atoms with Gasteiger partial charge in [0, 0.05) is 68.8 Å². The predicted octanol–water partition coefficient (Wildman–Crippen LogP) is 2.99. The summed E-state index contributed by atoms with van der Waals surface area (Å²) in [4.78, 5) is 30.6. The van der Waals surface area contributed by atoms with Crippen molar-refractivity contribution in [3.05, 3.63) is 52.3 Å². The third-order valence-electron chi connectivity index (χ3n) is 6.88. The standard InChI is InChI=1S/C26H32BrFN4O4S/c1-2-26(34)32-10-7-19-17-20(27)24(18-23(19)32)37(35,36)16-8-25(33)29-9-11-30-12-14-31(15-13-30)22-6-4-3-5-21(22)28/h3-6,17-18H,2,7-16H2,1H3,(H,29,33). The summed E-state index contributed by atoms with van der Waals surface area (Å²) in [7, 11) is -3.74. The highest BCUT2D eigenvalue weighted by atomic mass is 79.9. The molecular weight excluding hydrogens is 563 g/mol. The second-order valence-corrected chi connectivity index (χ2v) is 12.2. The Hall–Kier alpha value is -2.50. The van der Waals surface area contributed by atoms with Crippen molar-refractivity contribution in [1.29, 1.82) is 0 Å². The Morgan fingerprint density at radius 1 is 1.05 bits per heavy atom. The molecule has 2 heterocycles. The van der Waals surface area contributed by atoms with Crippen LogP contribution in [0, 0.1) is 5.82 Å². The molecule has 0 aliphatic carbocycles. The van der Waals surface area contributed by atoms with Crippen LogP contribution in [0.1, 0.15) is 25.3 Å². The molecule has 2 aromatic rings. The number of nitrogens with one attached hydrogen (secondary N) is 1. The normalized spacial score (nSPS) is 16.1. The zero-order valence-electron chi connectivity index (χ0n) is 20.9. The molecule has 2 aliphatic rings. The van der Waals surface area contributed by atoms with Gasteiger partial charge >= 0.3 is 0 Å². The third kappa shape index (κ3) is 6.50. The van der Waals surface area contributed by atoms with Gasteiger partial charge in [0.25, 0.3) is 0 Å². The number of hydrogen-bond acceptors (Lipinski definition) is 6. The molecule has 0 saturated carbocycles. The van der Waals surface area contributed by atoms with Gasteiger partial charge in [0.2, 0.25) is 11.8 Å². The van der Waals surface area contributed by atoms with Crippen LogP contribution in [-0.2, 0) is 25.8 Å². The zero-order valence-corrected chi connectivity index (χ0v) is 23.3. The quantitative estimate of drug-likeness (QED) is 0.480. The van der Waals surface area contributed by atoms with Crippen LogP contribution in [0.3, 0.4) is 0 Å². The molecule has 1 N–H and O–H groups in total. The Bertz CT molecular complexity index is 1270. The summed E-state index contributed by atoms with van der Waals surface area (Å²) < 4.78 is 40.5. The highest BCUT2D eigenvalue weighted by Gasteiger charge is 2.28. The fourth-order valence-corrected chi connectivity index (χ4v) is 7.23. The smallest absolute Gasteiger partial charge is 0.226 e. The van der Waals surface area contributed by atoms with Crippen LogP contribution in [0.15, 0.2) is 45.8 Å². The van der Waals surface area contributed by atoms with Gasteiger partial charge in [0.1, 0.15) is 5.82 Å². The summed E-state index contributed by atoms with van der Waals surface area (Å²) in [5, 5.41) is 2.81. The number of benzene rings is 2. The van der Waals surface area contributed by atoms with Gasteiger partial charge in [-0.1, -0.05) is 19.1 Å². The Balaban J connectivity index is 1.24. The summed E-state index contributed by atoms with van der Waals surface area (Å²) >= 11 is 3.36. The predicted molar refractivity (Wildman–Crippen MR) is 145 cm³/mol. The van der Waals surface area contributed by atoms with Gasteiger partial charge in [-0.05, 0) is 52.2 Å². The van der Waals surface area contributed by atoms with Gasteiger partial charge in [-0.3, -0.25) is 14.5 Å². The molecule has 0 radical (unpaired) electrons. The van der Waals surface area contributed by atoms with E-state index in [4.69, 9.17) is 0 Å². The van der Waals surface area contributed by atoms with Crippen molar-refractivity contribution in [3.8, 4) is 0 Å². The number of fused-ring (bicyclic) bond motifs is 1. The van der Waals surface area contributed by atoms with Crippen LogP contribution in [0.25, 0.3) is 0 Å². The number of para-hydroxylation sites is 1. The van der Waals surface area contributed by atoms with E-state index in [-0.39, 0.29) is 34.7 Å². The second kappa shape index (κ2) is 11.9. The van der Waals surface area contributed by atoms with Crippen LogP contribution in [0.5, 0.6) is 0 Å². The molecule has 0 unspecified atom stereocenters. The largest absolute Gasteiger partial charge is 0.367 e. The molecule has 2 aliphatic heterocycles. The van der Waals surface area contributed by atoms with Crippen molar-refractivity contribution < 1.29 is 22.4 Å². The van der Waals surface area contributed by atoms with Gasteiger partial charge in [0.05, 0.1) is 16.3 Å². The number of sulfone groups is 1. The van der Waals surface area contributed by atoms with Crippen molar-refractivity contribution in [2.75, 3.05) is 61.4 Å². The minimum atomic E-state index is -3.74. The van der Waals surface area contributed by atoms with Crippen LogP contribution in [-0.4, -0.2) is 76.7 Å². The number of hydrogen-bond donors (Lipinski definition) is 1. The lowest BCUT2D eigenvalue weighted by Gasteiger charge is -2.36. The minimum Gasteiger partial charge on any atom is -0.367 e. The number of halogens is 2. The zero-order chi connectivity index (χ0) is 26.6. The molecule has 4 rings (SSSR count). The summed E-state index contributed by atoms with van der Waals surface area (Å²) in [6, 6.07) is 10.1. The molecule has 11 heteroatoms. The van der Waals surface area contributed by atoms with Gasteiger partial charge in [-0.25, -0.2) is 12.8 Å². The molecule has 0 aromatic heterocycles. The van der Waals surface area contributed by atoms with E-state index in [9.17, 15) is 22.4 Å².